The Bertz CT molecular complexity index is 487. The largest absolute Gasteiger partial charge is 0.396 e. The molecule has 12 heteroatoms. The molecule has 0 aromatic rings. The molecule has 0 amide bonds. The SMILES string of the molecule is C=CC[SiH2]CCC[SiH](C)C.C=CC[SiH](C)C.C[SiH](C)CCC[SiH2]CCCBr.C[SiH](C)CCC[SiH2]CCCO.C[Si](C)(Cl)Cl. The molecule has 0 aliphatic carbocycles. The van der Waals surface area contributed by atoms with Crippen molar-refractivity contribution >= 4 is 109 Å². The standard InChI is InChI=1S/C8H21BrSi2.C8H22OSi2.C8H20Si2.C5H12Si.C2H6Cl2Si/c2*1-11(2)8-4-7-10-6-3-5-9;1-4-6-9-7-5-8-10(2)3;1-4-5-6(2)3;1-5(2,3)4/h11H,3-8,10H2,1-2H3;9,11H,3-8,10H2,1-2H3;4,10H,1,5-9H2,2-3H3;4,6H,1,5H2,2-3H3;1-2H3. The first-order valence-corrected chi connectivity index (χ1v) is 42.5. The van der Waals surface area contributed by atoms with Gasteiger partial charge in [0.15, 0.2) is 0 Å². The second-order valence-electron chi connectivity index (χ2n) is 13.9. The van der Waals surface area contributed by atoms with Crippen LogP contribution in [0.1, 0.15) is 32.1 Å². The van der Waals surface area contributed by atoms with Crippen molar-refractivity contribution < 1.29 is 5.11 Å². The fourth-order valence-electron chi connectivity index (χ4n) is 3.72. The van der Waals surface area contributed by atoms with Crippen LogP contribution in [0.15, 0.2) is 25.3 Å². The van der Waals surface area contributed by atoms with E-state index in [0.717, 1.165) is 6.42 Å². The molecule has 43 heavy (non-hydrogen) atoms. The monoisotopic (exact) mass is 842 g/mol. The third-order valence-corrected chi connectivity index (χ3v) is 18.5. The number of alkyl halides is 1. The summed E-state index contributed by atoms with van der Waals surface area (Å²) in [5, 5.41) is 9.76. The van der Waals surface area contributed by atoms with Crippen molar-refractivity contribution in [2.24, 2.45) is 0 Å². The van der Waals surface area contributed by atoms with Gasteiger partial charge in [0, 0.05) is 75.7 Å². The number of hydrogen-bond donors (Lipinski definition) is 1. The van der Waals surface area contributed by atoms with Gasteiger partial charge in [-0.2, -0.15) is 0 Å². The minimum Gasteiger partial charge on any atom is -0.396 e. The van der Waals surface area contributed by atoms with E-state index in [2.05, 4.69) is 87.5 Å². The van der Waals surface area contributed by atoms with Crippen molar-refractivity contribution in [3.8, 4) is 0 Å². The van der Waals surface area contributed by atoms with Crippen molar-refractivity contribution in [3.63, 3.8) is 0 Å². The van der Waals surface area contributed by atoms with Crippen molar-refractivity contribution in [1.29, 1.82) is 0 Å². The maximum atomic E-state index is 8.54. The summed E-state index contributed by atoms with van der Waals surface area (Å²) in [7, 11) is -0.146. The summed E-state index contributed by atoms with van der Waals surface area (Å²) < 4.78 is 0. The highest BCUT2D eigenvalue weighted by Gasteiger charge is 2.09. The quantitative estimate of drug-likeness (QED) is 0.0379. The van der Waals surface area contributed by atoms with Crippen LogP contribution in [0.2, 0.25) is 126 Å². The third kappa shape index (κ3) is 99.0. The van der Waals surface area contributed by atoms with E-state index in [1.165, 1.54) is 54.8 Å². The highest BCUT2D eigenvalue weighted by molar-refractivity contribution is 9.09. The van der Waals surface area contributed by atoms with Gasteiger partial charge in [0.1, 0.15) is 0 Å². The van der Waals surface area contributed by atoms with E-state index in [4.69, 9.17) is 27.3 Å². The van der Waals surface area contributed by atoms with Crippen LogP contribution in [-0.2, 0) is 0 Å². The van der Waals surface area contributed by atoms with Gasteiger partial charge in [-0.25, -0.2) is 0 Å². The Labute approximate surface area is 306 Å². The van der Waals surface area contributed by atoms with Crippen LogP contribution in [0.25, 0.3) is 0 Å². The Morgan fingerprint density at radius 1 is 0.628 bits per heavy atom. The van der Waals surface area contributed by atoms with Gasteiger partial charge in [0.2, 0.25) is 6.69 Å². The number of rotatable bonds is 22. The number of halogens is 3. The molecule has 0 saturated carbocycles. The van der Waals surface area contributed by atoms with Crippen molar-refractivity contribution in [2.45, 2.75) is 158 Å². The zero-order valence-electron chi connectivity index (χ0n) is 31.1. The minimum atomic E-state index is -1.67. The summed E-state index contributed by atoms with van der Waals surface area (Å²) in [5.74, 6) is 0. The summed E-state index contributed by atoms with van der Waals surface area (Å²) in [4.78, 5) is 0. The first kappa shape index (κ1) is 54.7. The molecule has 0 spiro atoms. The zero-order valence-corrected chi connectivity index (χ0v) is 44.1. The summed E-state index contributed by atoms with van der Waals surface area (Å²) in [6, 6.07) is 14.9. The molecule has 0 aromatic heterocycles. The van der Waals surface area contributed by atoms with Gasteiger partial charge in [0.05, 0.1) is 0 Å². The van der Waals surface area contributed by atoms with Crippen molar-refractivity contribution in [2.75, 3.05) is 11.9 Å². The van der Waals surface area contributed by atoms with Gasteiger partial charge < -0.3 is 5.11 Å². The average molecular weight is 845 g/mol. The van der Waals surface area contributed by atoms with Crippen LogP contribution in [0.5, 0.6) is 0 Å². The van der Waals surface area contributed by atoms with Crippen LogP contribution >= 0.6 is 38.1 Å². The number of aliphatic hydroxyl groups excluding tert-OH is 1. The Morgan fingerprint density at radius 2 is 0.977 bits per heavy atom. The van der Waals surface area contributed by atoms with Gasteiger partial charge in [-0.05, 0) is 38.0 Å². The van der Waals surface area contributed by atoms with E-state index in [1.807, 2.05) is 19.2 Å². The van der Waals surface area contributed by atoms with Gasteiger partial charge in [0.25, 0.3) is 0 Å². The highest BCUT2D eigenvalue weighted by atomic mass is 79.9. The topological polar surface area (TPSA) is 20.2 Å². The number of aliphatic hydroxyl groups is 1. The van der Waals surface area contributed by atoms with Crippen molar-refractivity contribution in [3.05, 3.63) is 25.3 Å². The Kier molecular flexibility index (Phi) is 58.9. The first-order chi connectivity index (χ1) is 20.1. The van der Waals surface area contributed by atoms with E-state index in [0.29, 0.717) is 16.1 Å². The maximum Gasteiger partial charge on any atom is 0.245 e. The Balaban J connectivity index is -0.000000144. The molecular formula is C31H81BrCl2OSi8. The second-order valence-corrected chi connectivity index (χ2v) is 43.2. The molecule has 0 radical (unpaired) electrons. The first-order valence-electron chi connectivity index (χ1n) is 17.8. The fraction of sp³-hybridized carbons (Fsp3) is 0.871. The Morgan fingerprint density at radius 3 is 1.23 bits per heavy atom. The molecule has 0 saturated heterocycles. The zero-order chi connectivity index (χ0) is 34.4. The predicted molar refractivity (Wildman–Crippen MR) is 243 cm³/mol. The predicted octanol–water partition coefficient (Wildman–Crippen LogP) is 9.78. The molecule has 0 unspecified atom stereocenters. The lowest BCUT2D eigenvalue weighted by molar-refractivity contribution is 0.295. The lowest BCUT2D eigenvalue weighted by Gasteiger charge is -2.01. The van der Waals surface area contributed by atoms with E-state index in [9.17, 15) is 0 Å². The molecule has 0 atom stereocenters. The maximum absolute atomic E-state index is 8.54. The molecule has 1 nitrogen and oxygen atoms in total. The molecule has 264 valence electrons. The van der Waals surface area contributed by atoms with Gasteiger partial charge in [-0.15, -0.1) is 35.3 Å². The molecule has 0 rings (SSSR count). The van der Waals surface area contributed by atoms with Gasteiger partial charge in [-0.3, -0.25) is 0 Å². The Hall–Kier alpha value is 2.24. The number of hydrogen-bond acceptors (Lipinski definition) is 1. The third-order valence-electron chi connectivity index (χ3n) is 6.18. The molecule has 0 aromatic carbocycles. The van der Waals surface area contributed by atoms with E-state index in [-0.39, 0.29) is 54.2 Å². The number of allylic oxidation sites excluding steroid dienone is 2. The lowest BCUT2D eigenvalue weighted by Crippen LogP contribution is -2.02. The summed E-state index contributed by atoms with van der Waals surface area (Å²) in [6.45, 7) is 29.1. The molecule has 0 bridgehead atoms. The molecule has 0 fully saturated rings. The molecule has 0 aliphatic heterocycles. The van der Waals surface area contributed by atoms with Gasteiger partial charge in [-0.1, -0.05) is 148 Å². The normalized spacial score (nSPS) is 11.5. The van der Waals surface area contributed by atoms with E-state index in [1.54, 1.807) is 36.6 Å². The van der Waals surface area contributed by atoms with Crippen molar-refractivity contribution in [1.82, 2.24) is 0 Å². The second kappa shape index (κ2) is 46.4. The van der Waals surface area contributed by atoms with Crippen LogP contribution < -0.4 is 0 Å². The van der Waals surface area contributed by atoms with Gasteiger partial charge >= 0.3 is 0 Å². The van der Waals surface area contributed by atoms with Crippen LogP contribution in [0.4, 0.5) is 0 Å². The van der Waals surface area contributed by atoms with E-state index < -0.39 is 6.69 Å². The van der Waals surface area contributed by atoms with E-state index >= 15 is 0 Å². The average Bonchev–Trinajstić information content (AvgIpc) is 2.88. The minimum absolute atomic E-state index is 0.216. The molecule has 0 aliphatic rings. The smallest absolute Gasteiger partial charge is 0.245 e. The highest BCUT2D eigenvalue weighted by Crippen LogP contribution is 2.10. The summed E-state index contributed by atoms with van der Waals surface area (Å²) in [6.07, 6.45) is 11.1. The summed E-state index contributed by atoms with van der Waals surface area (Å²) in [5.41, 5.74) is 0. The fourth-order valence-corrected chi connectivity index (χ4v) is 15.0. The van der Waals surface area contributed by atoms with Crippen LogP contribution in [0, 0.1) is 0 Å². The molecular weight excluding hydrogens is 764 g/mol. The molecule has 1 N–H and O–H groups in total. The van der Waals surface area contributed by atoms with Crippen LogP contribution in [0.3, 0.4) is 0 Å². The van der Waals surface area contributed by atoms with Crippen LogP contribution in [-0.4, -0.2) is 87.5 Å². The lowest BCUT2D eigenvalue weighted by atomic mass is 10.5. The summed E-state index contributed by atoms with van der Waals surface area (Å²) >= 11 is 14.3. The molecule has 0 heterocycles.